The molecule has 0 bridgehead atoms. The van der Waals surface area contributed by atoms with E-state index in [1.165, 1.54) is 18.6 Å². The maximum Gasteiger partial charge on any atom is 0.305 e. The molecule has 0 saturated carbocycles. The van der Waals surface area contributed by atoms with Crippen LogP contribution in [0.5, 0.6) is 0 Å². The Morgan fingerprint density at radius 1 is 1.35 bits per heavy atom. The fourth-order valence-corrected chi connectivity index (χ4v) is 3.30. The largest absolute Gasteiger partial charge is 0.481 e. The highest BCUT2D eigenvalue weighted by molar-refractivity contribution is 5.69. The third-order valence-electron chi connectivity index (χ3n) is 4.35. The molecule has 2 rings (SSSR count). The van der Waals surface area contributed by atoms with Crippen molar-refractivity contribution < 1.29 is 14.3 Å². The number of nitrogens with zero attached hydrogens (tertiary/aromatic N) is 1. The summed E-state index contributed by atoms with van der Waals surface area (Å²) < 4.78 is 13.6. The highest BCUT2D eigenvalue weighted by Gasteiger charge is 2.39. The molecule has 1 aromatic rings. The molecule has 0 aliphatic carbocycles. The van der Waals surface area contributed by atoms with Crippen LogP contribution in [-0.2, 0) is 10.3 Å². The van der Waals surface area contributed by atoms with Crippen molar-refractivity contribution in [1.29, 1.82) is 0 Å². The molecule has 0 spiro atoms. The molecule has 110 valence electrons. The zero-order valence-corrected chi connectivity index (χ0v) is 11.9. The van der Waals surface area contributed by atoms with Crippen LogP contribution < -0.4 is 0 Å². The molecule has 0 aromatic heterocycles. The van der Waals surface area contributed by atoms with Crippen molar-refractivity contribution in [2.45, 2.75) is 44.6 Å². The van der Waals surface area contributed by atoms with Crippen LogP contribution in [-0.4, -0.2) is 29.1 Å². The van der Waals surface area contributed by atoms with E-state index in [0.717, 1.165) is 31.5 Å². The van der Waals surface area contributed by atoms with E-state index >= 15 is 0 Å². The van der Waals surface area contributed by atoms with E-state index < -0.39 is 11.5 Å². The van der Waals surface area contributed by atoms with Gasteiger partial charge in [0.2, 0.25) is 0 Å². The number of benzene rings is 1. The Morgan fingerprint density at radius 2 is 2.05 bits per heavy atom. The minimum absolute atomic E-state index is 0.0208. The lowest BCUT2D eigenvalue weighted by Crippen LogP contribution is -2.49. The van der Waals surface area contributed by atoms with E-state index in [4.69, 9.17) is 0 Å². The first-order valence-corrected chi connectivity index (χ1v) is 7.31. The lowest BCUT2D eigenvalue weighted by molar-refractivity contribution is -0.141. The Labute approximate surface area is 119 Å². The predicted molar refractivity (Wildman–Crippen MR) is 76.0 cm³/mol. The van der Waals surface area contributed by atoms with Gasteiger partial charge in [0.25, 0.3) is 0 Å². The lowest BCUT2D eigenvalue weighted by Gasteiger charge is -2.45. The van der Waals surface area contributed by atoms with Gasteiger partial charge in [-0.05, 0) is 50.0 Å². The van der Waals surface area contributed by atoms with E-state index in [1.54, 1.807) is 6.07 Å². The van der Waals surface area contributed by atoms with Crippen molar-refractivity contribution >= 4 is 5.97 Å². The van der Waals surface area contributed by atoms with E-state index in [-0.39, 0.29) is 12.2 Å². The van der Waals surface area contributed by atoms with Gasteiger partial charge in [-0.1, -0.05) is 25.5 Å². The summed E-state index contributed by atoms with van der Waals surface area (Å²) in [7, 11) is 0. The topological polar surface area (TPSA) is 40.5 Å². The standard InChI is InChI=1S/C16H22FNO2/c1-2-16(12-15(19)20,18-9-4-3-5-10-18)13-7-6-8-14(17)11-13/h6-8,11H,2-5,9-10,12H2,1H3,(H,19,20). The minimum atomic E-state index is -0.832. The van der Waals surface area contributed by atoms with Crippen molar-refractivity contribution in [3.05, 3.63) is 35.6 Å². The van der Waals surface area contributed by atoms with Crippen molar-refractivity contribution in [3.8, 4) is 0 Å². The second kappa shape index (κ2) is 6.35. The number of hydrogen-bond acceptors (Lipinski definition) is 2. The van der Waals surface area contributed by atoms with E-state index in [9.17, 15) is 14.3 Å². The Bertz CT molecular complexity index is 471. The summed E-state index contributed by atoms with van der Waals surface area (Å²) in [5, 5.41) is 9.32. The number of carboxylic acid groups (broad SMARTS) is 1. The molecule has 0 radical (unpaired) electrons. The molecule has 0 amide bonds. The summed E-state index contributed by atoms with van der Waals surface area (Å²) >= 11 is 0. The first-order chi connectivity index (χ1) is 9.58. The summed E-state index contributed by atoms with van der Waals surface area (Å²) in [6, 6.07) is 6.41. The molecule has 20 heavy (non-hydrogen) atoms. The van der Waals surface area contributed by atoms with Crippen molar-refractivity contribution in [1.82, 2.24) is 4.90 Å². The molecule has 1 aliphatic heterocycles. The number of aliphatic carboxylic acids is 1. The SMILES string of the molecule is CCC(CC(=O)O)(c1cccc(F)c1)N1CCCCC1. The molecule has 1 heterocycles. The molecule has 1 fully saturated rings. The Hall–Kier alpha value is -1.42. The third-order valence-corrected chi connectivity index (χ3v) is 4.35. The Balaban J connectivity index is 2.42. The average molecular weight is 279 g/mol. The Morgan fingerprint density at radius 3 is 2.60 bits per heavy atom. The van der Waals surface area contributed by atoms with Gasteiger partial charge in [0.05, 0.1) is 12.0 Å². The van der Waals surface area contributed by atoms with Gasteiger partial charge in [-0.15, -0.1) is 0 Å². The highest BCUT2D eigenvalue weighted by Crippen LogP contribution is 2.37. The van der Waals surface area contributed by atoms with Crippen LogP contribution in [0.4, 0.5) is 4.39 Å². The summed E-state index contributed by atoms with van der Waals surface area (Å²) in [6.07, 6.45) is 4.04. The molecular weight excluding hydrogens is 257 g/mol. The van der Waals surface area contributed by atoms with Crippen LogP contribution in [0.2, 0.25) is 0 Å². The van der Waals surface area contributed by atoms with Gasteiger partial charge in [0.1, 0.15) is 5.82 Å². The number of carbonyl (C=O) groups is 1. The molecule has 1 aromatic carbocycles. The maximum absolute atomic E-state index is 13.6. The number of hydrogen-bond donors (Lipinski definition) is 1. The molecule has 4 heteroatoms. The number of halogens is 1. The van der Waals surface area contributed by atoms with E-state index in [2.05, 4.69) is 4.90 Å². The summed E-state index contributed by atoms with van der Waals surface area (Å²) in [5.74, 6) is -1.13. The van der Waals surface area contributed by atoms with Gasteiger partial charge < -0.3 is 5.11 Å². The van der Waals surface area contributed by atoms with Crippen LogP contribution in [0.3, 0.4) is 0 Å². The van der Waals surface area contributed by atoms with Crippen LogP contribution in [0.15, 0.2) is 24.3 Å². The van der Waals surface area contributed by atoms with Gasteiger partial charge in [-0.3, -0.25) is 9.69 Å². The minimum Gasteiger partial charge on any atom is -0.481 e. The smallest absolute Gasteiger partial charge is 0.305 e. The van der Waals surface area contributed by atoms with E-state index in [0.29, 0.717) is 6.42 Å². The molecule has 1 N–H and O–H groups in total. The van der Waals surface area contributed by atoms with Gasteiger partial charge in [-0.2, -0.15) is 0 Å². The highest BCUT2D eigenvalue weighted by atomic mass is 19.1. The second-order valence-corrected chi connectivity index (χ2v) is 5.51. The summed E-state index contributed by atoms with van der Waals surface area (Å²) in [5.41, 5.74) is 0.193. The molecule has 1 unspecified atom stereocenters. The number of piperidine rings is 1. The quantitative estimate of drug-likeness (QED) is 0.898. The van der Waals surface area contributed by atoms with Crippen LogP contribution in [0.25, 0.3) is 0 Å². The molecule has 3 nitrogen and oxygen atoms in total. The fourth-order valence-electron chi connectivity index (χ4n) is 3.30. The van der Waals surface area contributed by atoms with Crippen molar-refractivity contribution in [3.63, 3.8) is 0 Å². The first kappa shape index (κ1) is 15.0. The van der Waals surface area contributed by atoms with Crippen LogP contribution in [0.1, 0.15) is 44.6 Å². The predicted octanol–water partition coefficient (Wildman–Crippen LogP) is 3.39. The zero-order chi connectivity index (χ0) is 14.6. The zero-order valence-electron chi connectivity index (χ0n) is 11.9. The molecular formula is C16H22FNO2. The van der Waals surface area contributed by atoms with Crippen molar-refractivity contribution in [2.75, 3.05) is 13.1 Å². The van der Waals surface area contributed by atoms with Gasteiger partial charge >= 0.3 is 5.97 Å². The second-order valence-electron chi connectivity index (χ2n) is 5.51. The van der Waals surface area contributed by atoms with Gasteiger partial charge in [0, 0.05) is 0 Å². The molecule has 1 aliphatic rings. The fraction of sp³-hybridized carbons (Fsp3) is 0.562. The molecule has 1 atom stereocenters. The lowest BCUT2D eigenvalue weighted by atomic mass is 9.81. The first-order valence-electron chi connectivity index (χ1n) is 7.31. The number of likely N-dealkylation sites (tertiary alicyclic amines) is 1. The van der Waals surface area contributed by atoms with Crippen molar-refractivity contribution in [2.24, 2.45) is 0 Å². The van der Waals surface area contributed by atoms with E-state index in [1.807, 2.05) is 13.0 Å². The number of carboxylic acids is 1. The van der Waals surface area contributed by atoms with Gasteiger partial charge in [0.15, 0.2) is 0 Å². The van der Waals surface area contributed by atoms with Crippen LogP contribution >= 0.6 is 0 Å². The van der Waals surface area contributed by atoms with Crippen LogP contribution in [0, 0.1) is 5.82 Å². The maximum atomic E-state index is 13.6. The molecule has 1 saturated heterocycles. The number of rotatable bonds is 5. The van der Waals surface area contributed by atoms with Gasteiger partial charge in [-0.25, -0.2) is 4.39 Å². The Kier molecular flexibility index (Phi) is 4.76. The summed E-state index contributed by atoms with van der Waals surface area (Å²) in [4.78, 5) is 13.6. The monoisotopic (exact) mass is 279 g/mol. The average Bonchev–Trinajstić information content (AvgIpc) is 2.45. The third kappa shape index (κ3) is 3.01. The summed E-state index contributed by atoms with van der Waals surface area (Å²) in [6.45, 7) is 3.76. The normalized spacial score (nSPS) is 19.5.